The zero-order valence-electron chi connectivity index (χ0n) is 9.43. The molecule has 0 atom stereocenters. The summed E-state index contributed by atoms with van der Waals surface area (Å²) in [6, 6.07) is 6.94. The molecule has 1 aromatic carbocycles. The number of benzene rings is 1. The van der Waals surface area contributed by atoms with Gasteiger partial charge in [-0.3, -0.25) is 10.1 Å². The molecular weight excluding hydrogens is 239 g/mol. The second-order valence-corrected chi connectivity index (χ2v) is 3.71. The van der Waals surface area contributed by atoms with Gasteiger partial charge in [-0.2, -0.15) is 0 Å². The molecular formula is C12H11FN2O3. The molecule has 0 radical (unpaired) electrons. The summed E-state index contributed by atoms with van der Waals surface area (Å²) in [5.41, 5.74) is 0.218. The standard InChI is InChI=1S/C12H11FN2O3/c13-10-3-4-12(15(16)17)9(6-10)7-14-8-11-2-1-5-18-11/h1-6,14H,7-8H2. The molecule has 0 aliphatic rings. The van der Waals surface area contributed by atoms with Crippen molar-refractivity contribution in [2.24, 2.45) is 0 Å². The molecule has 1 aromatic heterocycles. The summed E-state index contributed by atoms with van der Waals surface area (Å²) < 4.78 is 18.1. The molecule has 0 fully saturated rings. The summed E-state index contributed by atoms with van der Waals surface area (Å²) in [6.07, 6.45) is 1.54. The third kappa shape index (κ3) is 2.92. The number of halogens is 1. The highest BCUT2D eigenvalue weighted by molar-refractivity contribution is 5.40. The fraction of sp³-hybridized carbons (Fsp3) is 0.167. The van der Waals surface area contributed by atoms with Gasteiger partial charge in [0, 0.05) is 18.2 Å². The quantitative estimate of drug-likeness (QED) is 0.654. The Labute approximate surface area is 102 Å². The van der Waals surface area contributed by atoms with E-state index in [1.807, 2.05) is 0 Å². The fourth-order valence-electron chi connectivity index (χ4n) is 1.61. The molecule has 0 unspecified atom stereocenters. The second-order valence-electron chi connectivity index (χ2n) is 3.71. The topological polar surface area (TPSA) is 68.3 Å². The lowest BCUT2D eigenvalue weighted by Crippen LogP contribution is -2.13. The molecule has 6 heteroatoms. The summed E-state index contributed by atoms with van der Waals surface area (Å²) in [5, 5.41) is 13.7. The molecule has 2 rings (SSSR count). The molecule has 0 aliphatic carbocycles. The first-order valence-electron chi connectivity index (χ1n) is 5.33. The van der Waals surface area contributed by atoms with Crippen LogP contribution in [0.2, 0.25) is 0 Å². The number of nitro groups is 1. The number of nitro benzene ring substituents is 1. The van der Waals surface area contributed by atoms with E-state index in [4.69, 9.17) is 4.42 Å². The first-order valence-corrected chi connectivity index (χ1v) is 5.33. The maximum atomic E-state index is 13.0. The zero-order valence-corrected chi connectivity index (χ0v) is 9.43. The molecule has 0 spiro atoms. The molecule has 0 aliphatic heterocycles. The minimum Gasteiger partial charge on any atom is -0.468 e. The first kappa shape index (κ1) is 12.3. The van der Waals surface area contributed by atoms with E-state index in [1.165, 1.54) is 6.07 Å². The summed E-state index contributed by atoms with van der Waals surface area (Å²) in [7, 11) is 0. The molecule has 0 saturated carbocycles. The number of furan rings is 1. The fourth-order valence-corrected chi connectivity index (χ4v) is 1.61. The molecule has 0 saturated heterocycles. The normalized spacial score (nSPS) is 10.5. The van der Waals surface area contributed by atoms with Gasteiger partial charge in [0.2, 0.25) is 0 Å². The minimum atomic E-state index is -0.524. The van der Waals surface area contributed by atoms with Crippen LogP contribution in [-0.4, -0.2) is 4.92 Å². The van der Waals surface area contributed by atoms with Crippen LogP contribution in [0.4, 0.5) is 10.1 Å². The van der Waals surface area contributed by atoms with Gasteiger partial charge < -0.3 is 9.73 Å². The van der Waals surface area contributed by atoms with Crippen LogP contribution in [0.1, 0.15) is 11.3 Å². The van der Waals surface area contributed by atoms with Gasteiger partial charge in [0.25, 0.3) is 5.69 Å². The van der Waals surface area contributed by atoms with Gasteiger partial charge in [0.05, 0.1) is 17.7 Å². The monoisotopic (exact) mass is 250 g/mol. The van der Waals surface area contributed by atoms with Crippen molar-refractivity contribution >= 4 is 5.69 Å². The van der Waals surface area contributed by atoms with Crippen molar-refractivity contribution in [1.82, 2.24) is 5.32 Å². The van der Waals surface area contributed by atoms with Crippen LogP contribution in [-0.2, 0) is 13.1 Å². The highest BCUT2D eigenvalue weighted by atomic mass is 19.1. The van der Waals surface area contributed by atoms with E-state index >= 15 is 0 Å². The van der Waals surface area contributed by atoms with E-state index in [-0.39, 0.29) is 12.2 Å². The average molecular weight is 250 g/mol. The predicted molar refractivity (Wildman–Crippen MR) is 62.3 cm³/mol. The lowest BCUT2D eigenvalue weighted by Gasteiger charge is -2.04. The Balaban J connectivity index is 2.03. The first-order chi connectivity index (χ1) is 8.66. The smallest absolute Gasteiger partial charge is 0.274 e. The third-order valence-electron chi connectivity index (χ3n) is 2.43. The van der Waals surface area contributed by atoms with E-state index in [1.54, 1.807) is 18.4 Å². The van der Waals surface area contributed by atoms with Crippen molar-refractivity contribution in [3.05, 3.63) is 63.9 Å². The van der Waals surface area contributed by atoms with Crippen LogP contribution in [0.3, 0.4) is 0 Å². The molecule has 94 valence electrons. The molecule has 1 heterocycles. The highest BCUT2D eigenvalue weighted by Crippen LogP contribution is 2.19. The van der Waals surface area contributed by atoms with Crippen molar-refractivity contribution in [3.63, 3.8) is 0 Å². The second kappa shape index (κ2) is 5.42. The van der Waals surface area contributed by atoms with Crippen molar-refractivity contribution in [2.75, 3.05) is 0 Å². The Morgan fingerprint density at radius 2 is 2.17 bits per heavy atom. The Hall–Kier alpha value is -2.21. The summed E-state index contributed by atoms with van der Waals surface area (Å²) in [4.78, 5) is 10.2. The van der Waals surface area contributed by atoms with Gasteiger partial charge in [0.1, 0.15) is 11.6 Å². The van der Waals surface area contributed by atoms with Gasteiger partial charge >= 0.3 is 0 Å². The number of hydrogen-bond acceptors (Lipinski definition) is 4. The Bertz CT molecular complexity index is 540. The van der Waals surface area contributed by atoms with Crippen LogP contribution in [0.15, 0.2) is 41.0 Å². The van der Waals surface area contributed by atoms with Crippen molar-refractivity contribution in [1.29, 1.82) is 0 Å². The predicted octanol–water partition coefficient (Wildman–Crippen LogP) is 2.62. The van der Waals surface area contributed by atoms with E-state index in [9.17, 15) is 14.5 Å². The Kier molecular flexibility index (Phi) is 3.69. The largest absolute Gasteiger partial charge is 0.468 e. The number of nitrogens with zero attached hydrogens (tertiary/aromatic N) is 1. The summed E-state index contributed by atoms with van der Waals surface area (Å²) in [5.74, 6) is 0.226. The zero-order chi connectivity index (χ0) is 13.0. The average Bonchev–Trinajstić information content (AvgIpc) is 2.82. The molecule has 5 nitrogen and oxygen atoms in total. The lowest BCUT2D eigenvalue weighted by molar-refractivity contribution is -0.385. The number of hydrogen-bond donors (Lipinski definition) is 1. The van der Waals surface area contributed by atoms with Crippen LogP contribution >= 0.6 is 0 Å². The van der Waals surface area contributed by atoms with Gasteiger partial charge in [-0.1, -0.05) is 0 Å². The van der Waals surface area contributed by atoms with Crippen LogP contribution in [0, 0.1) is 15.9 Å². The molecule has 2 aromatic rings. The minimum absolute atomic E-state index is 0.0941. The van der Waals surface area contributed by atoms with Crippen molar-refractivity contribution in [2.45, 2.75) is 13.1 Å². The molecule has 18 heavy (non-hydrogen) atoms. The maximum Gasteiger partial charge on any atom is 0.274 e. The van der Waals surface area contributed by atoms with Gasteiger partial charge in [-0.15, -0.1) is 0 Å². The maximum absolute atomic E-state index is 13.0. The van der Waals surface area contributed by atoms with Gasteiger partial charge in [-0.05, 0) is 24.3 Å². The van der Waals surface area contributed by atoms with Crippen LogP contribution < -0.4 is 5.32 Å². The van der Waals surface area contributed by atoms with Crippen molar-refractivity contribution < 1.29 is 13.7 Å². The van der Waals surface area contributed by atoms with Gasteiger partial charge in [-0.25, -0.2) is 4.39 Å². The summed E-state index contributed by atoms with van der Waals surface area (Å²) in [6.45, 7) is 0.634. The molecule has 0 amide bonds. The third-order valence-corrected chi connectivity index (χ3v) is 2.43. The Morgan fingerprint density at radius 1 is 1.33 bits per heavy atom. The summed E-state index contributed by atoms with van der Waals surface area (Å²) >= 11 is 0. The lowest BCUT2D eigenvalue weighted by atomic mass is 10.1. The molecule has 0 bridgehead atoms. The van der Waals surface area contributed by atoms with E-state index < -0.39 is 10.7 Å². The van der Waals surface area contributed by atoms with E-state index in [0.717, 1.165) is 12.1 Å². The number of nitrogens with one attached hydrogen (secondary N) is 1. The highest BCUT2D eigenvalue weighted by Gasteiger charge is 2.13. The van der Waals surface area contributed by atoms with Crippen LogP contribution in [0.25, 0.3) is 0 Å². The SMILES string of the molecule is O=[N+]([O-])c1ccc(F)cc1CNCc1ccco1. The van der Waals surface area contributed by atoms with Crippen LogP contribution in [0.5, 0.6) is 0 Å². The van der Waals surface area contributed by atoms with Gasteiger partial charge in [0.15, 0.2) is 0 Å². The number of rotatable bonds is 5. The van der Waals surface area contributed by atoms with Crippen molar-refractivity contribution in [3.8, 4) is 0 Å². The van der Waals surface area contributed by atoms with E-state index in [0.29, 0.717) is 17.9 Å². The van der Waals surface area contributed by atoms with E-state index in [2.05, 4.69) is 5.32 Å². The Morgan fingerprint density at radius 3 is 2.83 bits per heavy atom. The molecule has 1 N–H and O–H groups in total.